The topological polar surface area (TPSA) is 133 Å². The number of phenolic OH excluding ortho intramolecular Hbond substituents is 2. The molecule has 0 saturated carbocycles. The first-order chi connectivity index (χ1) is 18.4. The lowest BCUT2D eigenvalue weighted by Gasteiger charge is -2.13. The second-order valence-electron chi connectivity index (χ2n) is 7.88. The van der Waals surface area contributed by atoms with Gasteiger partial charge in [0.2, 0.25) is 11.6 Å². The number of nitrogens with zero attached hydrogens (tertiary/aromatic N) is 1. The largest absolute Gasteiger partial charge is 0.507 e. The van der Waals surface area contributed by atoms with E-state index in [1.165, 1.54) is 48.2 Å². The van der Waals surface area contributed by atoms with Crippen LogP contribution in [0.3, 0.4) is 0 Å². The van der Waals surface area contributed by atoms with Crippen LogP contribution in [0.15, 0.2) is 52.3 Å². The molecule has 0 spiro atoms. The highest BCUT2D eigenvalue weighted by Crippen LogP contribution is 2.41. The van der Waals surface area contributed by atoms with Crippen LogP contribution in [0.2, 0.25) is 20.4 Å². The van der Waals surface area contributed by atoms with E-state index >= 15 is 0 Å². The standard InChI is InChI=1S/C25H16Cl4N2O6S2/c1-38-10-2-4-13(16(32)6-10)23(37)20-21(19(27)24(28)30-20)31-15(8-14(26)25(31)29)22(36)12-5-3-11(7-17(12)33)39-9-18(34)35/h2-8,30,32-33H,9H2,1H3,(H,34,35). The number of carboxylic acid groups (broad SMARTS) is 1. The van der Waals surface area contributed by atoms with Gasteiger partial charge in [0.1, 0.15) is 32.5 Å². The third-order valence-corrected chi connectivity index (χ3v) is 8.69. The number of nitrogens with one attached hydrogen (secondary N) is 1. The number of thioether (sulfide) groups is 2. The fraction of sp³-hybridized carbons (Fsp3) is 0.0800. The third kappa shape index (κ3) is 5.77. The second-order valence-corrected chi connectivity index (χ2v) is 11.3. The molecular formula is C25H16Cl4N2O6S2. The summed E-state index contributed by atoms with van der Waals surface area (Å²) in [7, 11) is 0. The molecule has 0 amide bonds. The number of aliphatic carboxylic acids is 1. The summed E-state index contributed by atoms with van der Waals surface area (Å²) in [5, 5.41) is 29.4. The molecule has 2 aromatic heterocycles. The molecule has 14 heteroatoms. The predicted molar refractivity (Wildman–Crippen MR) is 153 cm³/mol. The molecule has 4 aromatic rings. The zero-order valence-electron chi connectivity index (χ0n) is 19.6. The number of halogens is 4. The Morgan fingerprint density at radius 1 is 0.897 bits per heavy atom. The van der Waals surface area contributed by atoms with Gasteiger partial charge >= 0.3 is 5.97 Å². The Labute approximate surface area is 249 Å². The van der Waals surface area contributed by atoms with E-state index in [9.17, 15) is 24.6 Å². The zero-order valence-corrected chi connectivity index (χ0v) is 24.2. The Hall–Kier alpha value is -2.73. The van der Waals surface area contributed by atoms with Gasteiger partial charge < -0.3 is 20.3 Å². The van der Waals surface area contributed by atoms with E-state index in [-0.39, 0.29) is 60.1 Å². The third-order valence-electron chi connectivity index (χ3n) is 5.48. The van der Waals surface area contributed by atoms with Crippen LogP contribution in [0.25, 0.3) is 5.69 Å². The van der Waals surface area contributed by atoms with Gasteiger partial charge in [-0.05, 0) is 48.7 Å². The summed E-state index contributed by atoms with van der Waals surface area (Å²) in [6.45, 7) is 0. The SMILES string of the molecule is CSc1ccc(C(=O)c2[nH]c(Cl)c(Cl)c2-n2c(C(=O)c3ccc(SCC(=O)O)cc3O)cc(Cl)c2Cl)c(O)c1. The highest BCUT2D eigenvalue weighted by molar-refractivity contribution is 8.00. The van der Waals surface area contributed by atoms with Gasteiger partial charge in [-0.3, -0.25) is 19.0 Å². The minimum Gasteiger partial charge on any atom is -0.507 e. The Balaban J connectivity index is 1.83. The molecule has 4 N–H and O–H groups in total. The van der Waals surface area contributed by atoms with E-state index in [2.05, 4.69) is 4.98 Å². The first kappa shape index (κ1) is 29.3. The first-order valence-electron chi connectivity index (χ1n) is 10.7. The number of carbonyl (C=O) groups excluding carboxylic acids is 2. The lowest BCUT2D eigenvalue weighted by Crippen LogP contribution is -2.13. The highest BCUT2D eigenvalue weighted by Gasteiger charge is 2.31. The van der Waals surface area contributed by atoms with E-state index < -0.39 is 23.3 Å². The maximum absolute atomic E-state index is 13.6. The van der Waals surface area contributed by atoms with Crippen molar-refractivity contribution in [1.29, 1.82) is 0 Å². The molecule has 2 aromatic carbocycles. The van der Waals surface area contributed by atoms with Crippen LogP contribution in [0, 0.1) is 0 Å². The summed E-state index contributed by atoms with van der Waals surface area (Å²) in [5.41, 5.74) is -0.617. The zero-order chi connectivity index (χ0) is 28.6. The molecule has 0 aliphatic carbocycles. The predicted octanol–water partition coefficient (Wildman–Crippen LogP) is 7.19. The molecular weight excluding hydrogens is 630 g/mol. The highest BCUT2D eigenvalue weighted by atomic mass is 35.5. The first-order valence-corrected chi connectivity index (χ1v) is 14.4. The summed E-state index contributed by atoms with van der Waals surface area (Å²) in [4.78, 5) is 41.8. The maximum Gasteiger partial charge on any atom is 0.313 e. The molecule has 0 radical (unpaired) electrons. The van der Waals surface area contributed by atoms with E-state index in [1.807, 2.05) is 6.26 Å². The maximum atomic E-state index is 13.6. The van der Waals surface area contributed by atoms with Crippen LogP contribution in [0.5, 0.6) is 11.5 Å². The van der Waals surface area contributed by atoms with Crippen LogP contribution < -0.4 is 0 Å². The van der Waals surface area contributed by atoms with Gasteiger partial charge in [0.15, 0.2) is 0 Å². The van der Waals surface area contributed by atoms with Crippen LogP contribution >= 0.6 is 69.9 Å². The smallest absolute Gasteiger partial charge is 0.313 e. The van der Waals surface area contributed by atoms with Crippen molar-refractivity contribution in [3.63, 3.8) is 0 Å². The molecule has 4 rings (SSSR count). The van der Waals surface area contributed by atoms with Gasteiger partial charge in [0.05, 0.1) is 33.3 Å². The van der Waals surface area contributed by atoms with Gasteiger partial charge in [-0.15, -0.1) is 23.5 Å². The van der Waals surface area contributed by atoms with Gasteiger partial charge in [-0.2, -0.15) is 0 Å². The monoisotopic (exact) mass is 644 g/mol. The van der Waals surface area contributed by atoms with Crippen molar-refractivity contribution >= 4 is 87.5 Å². The molecule has 0 saturated heterocycles. The lowest BCUT2D eigenvalue weighted by atomic mass is 10.1. The molecule has 0 aliphatic heterocycles. The van der Waals surface area contributed by atoms with Gasteiger partial charge in [-0.1, -0.05) is 46.4 Å². The fourth-order valence-corrected chi connectivity index (χ4v) is 5.61. The molecule has 0 bridgehead atoms. The second kappa shape index (κ2) is 11.8. The minimum atomic E-state index is -1.04. The van der Waals surface area contributed by atoms with Crippen molar-refractivity contribution in [2.24, 2.45) is 0 Å². The van der Waals surface area contributed by atoms with Gasteiger partial charge in [0, 0.05) is 9.79 Å². The average molecular weight is 646 g/mol. The fourth-order valence-electron chi connectivity index (χ4n) is 3.70. The Kier molecular flexibility index (Phi) is 8.85. The summed E-state index contributed by atoms with van der Waals surface area (Å²) in [6.07, 6.45) is 1.81. The van der Waals surface area contributed by atoms with Crippen LogP contribution in [0.1, 0.15) is 32.1 Å². The molecule has 0 unspecified atom stereocenters. The van der Waals surface area contributed by atoms with Crippen molar-refractivity contribution in [3.05, 3.63) is 85.3 Å². The minimum absolute atomic E-state index is 0.0490. The number of benzene rings is 2. The summed E-state index contributed by atoms with van der Waals surface area (Å²) >= 11 is 27.8. The van der Waals surface area contributed by atoms with Crippen molar-refractivity contribution in [2.75, 3.05) is 12.0 Å². The molecule has 0 atom stereocenters. The molecule has 202 valence electrons. The molecule has 2 heterocycles. The molecule has 0 aliphatic rings. The normalized spacial score (nSPS) is 11.1. The number of ketones is 2. The number of phenols is 2. The number of rotatable bonds is 9. The Morgan fingerprint density at radius 2 is 1.49 bits per heavy atom. The van der Waals surface area contributed by atoms with Crippen molar-refractivity contribution in [2.45, 2.75) is 9.79 Å². The quantitative estimate of drug-likeness (QED) is 0.111. The molecule has 0 fully saturated rings. The van der Waals surface area contributed by atoms with E-state index in [4.69, 9.17) is 51.5 Å². The van der Waals surface area contributed by atoms with Crippen molar-refractivity contribution in [3.8, 4) is 17.2 Å². The number of carboxylic acids is 1. The summed E-state index contributed by atoms with van der Waals surface area (Å²) in [6, 6.07) is 9.83. The number of aromatic amines is 1. The summed E-state index contributed by atoms with van der Waals surface area (Å²) in [5.74, 6) is -3.38. The van der Waals surface area contributed by atoms with Gasteiger partial charge in [-0.25, -0.2) is 0 Å². The average Bonchev–Trinajstić information content (AvgIpc) is 3.35. The number of carbonyl (C=O) groups is 3. The van der Waals surface area contributed by atoms with E-state index in [0.29, 0.717) is 4.90 Å². The number of hydrogen-bond donors (Lipinski definition) is 4. The van der Waals surface area contributed by atoms with Crippen molar-refractivity contribution < 1.29 is 29.7 Å². The number of aromatic nitrogens is 2. The van der Waals surface area contributed by atoms with Crippen LogP contribution in [-0.2, 0) is 4.79 Å². The number of hydrogen-bond acceptors (Lipinski definition) is 7. The number of aromatic hydroxyl groups is 2. The Morgan fingerprint density at radius 3 is 2.08 bits per heavy atom. The number of H-pyrrole nitrogens is 1. The lowest BCUT2D eigenvalue weighted by molar-refractivity contribution is -0.133. The van der Waals surface area contributed by atoms with Crippen molar-refractivity contribution in [1.82, 2.24) is 9.55 Å². The van der Waals surface area contributed by atoms with Crippen LogP contribution in [-0.4, -0.2) is 54.4 Å². The molecule has 39 heavy (non-hydrogen) atoms. The Bertz CT molecular complexity index is 1650. The van der Waals surface area contributed by atoms with Gasteiger partial charge in [0.25, 0.3) is 0 Å². The summed E-state index contributed by atoms with van der Waals surface area (Å²) < 4.78 is 1.13. The van der Waals surface area contributed by atoms with E-state index in [0.717, 1.165) is 21.2 Å². The van der Waals surface area contributed by atoms with Crippen LogP contribution in [0.4, 0.5) is 0 Å². The van der Waals surface area contributed by atoms with E-state index in [1.54, 1.807) is 6.07 Å². The molecule has 8 nitrogen and oxygen atoms in total.